The number of carbonyl (C=O) groups is 1. The molecule has 7 atom stereocenters. The number of allylic oxidation sites excluding steroid dienone is 1. The van der Waals surface area contributed by atoms with Gasteiger partial charge in [-0.1, -0.05) is 18.6 Å². The summed E-state index contributed by atoms with van der Waals surface area (Å²) in [7, 11) is 0. The van der Waals surface area contributed by atoms with E-state index in [1.807, 2.05) is 0 Å². The Morgan fingerprint density at radius 2 is 2.00 bits per heavy atom. The fourth-order valence-electron chi connectivity index (χ4n) is 6.66. The number of aliphatic hydroxyl groups is 1. The monoisotopic (exact) mass is 318 g/mol. The average molecular weight is 318 g/mol. The van der Waals surface area contributed by atoms with Gasteiger partial charge in [-0.2, -0.15) is 0 Å². The van der Waals surface area contributed by atoms with Gasteiger partial charge < -0.3 is 9.84 Å². The number of aliphatic hydroxyl groups excluding tert-OH is 1. The molecule has 0 aromatic carbocycles. The highest BCUT2D eigenvalue weighted by Gasteiger charge is 2.57. The van der Waals surface area contributed by atoms with Crippen LogP contribution in [-0.4, -0.2) is 23.3 Å². The lowest BCUT2D eigenvalue weighted by Crippen LogP contribution is -2.48. The predicted octanol–water partition coefficient (Wildman–Crippen LogP) is 3.85. The minimum absolute atomic E-state index is 0.117. The van der Waals surface area contributed by atoms with E-state index in [0.29, 0.717) is 0 Å². The van der Waals surface area contributed by atoms with Crippen molar-refractivity contribution in [1.29, 1.82) is 0 Å². The normalized spacial score (nSPS) is 48.7. The Morgan fingerprint density at radius 1 is 1.17 bits per heavy atom. The van der Waals surface area contributed by atoms with E-state index < -0.39 is 0 Å². The maximum absolute atomic E-state index is 11.5. The molecule has 0 aliphatic heterocycles. The second-order valence-electron chi connectivity index (χ2n) is 8.69. The van der Waals surface area contributed by atoms with Crippen LogP contribution < -0.4 is 0 Å². The summed E-state index contributed by atoms with van der Waals surface area (Å²) >= 11 is 0. The third-order valence-electron chi connectivity index (χ3n) is 7.65. The zero-order chi connectivity index (χ0) is 16.2. The first-order chi connectivity index (χ1) is 11.0. The zero-order valence-electron chi connectivity index (χ0n) is 14.5. The van der Waals surface area contributed by atoms with Crippen LogP contribution in [0.1, 0.15) is 65.2 Å². The van der Waals surface area contributed by atoms with E-state index in [-0.39, 0.29) is 23.6 Å². The number of rotatable bonds is 1. The summed E-state index contributed by atoms with van der Waals surface area (Å²) in [5.74, 6) is 2.92. The van der Waals surface area contributed by atoms with Gasteiger partial charge in [0.1, 0.15) is 6.10 Å². The van der Waals surface area contributed by atoms with Gasteiger partial charge in [0, 0.05) is 12.3 Å². The summed E-state index contributed by atoms with van der Waals surface area (Å²) in [6.07, 6.45) is 11.4. The molecule has 128 valence electrons. The fourth-order valence-corrected chi connectivity index (χ4v) is 6.66. The third kappa shape index (κ3) is 2.47. The lowest BCUT2D eigenvalue weighted by Gasteiger charge is -2.53. The topological polar surface area (TPSA) is 46.5 Å². The van der Waals surface area contributed by atoms with Gasteiger partial charge in [0.2, 0.25) is 0 Å². The van der Waals surface area contributed by atoms with Crippen molar-refractivity contribution in [1.82, 2.24) is 0 Å². The summed E-state index contributed by atoms with van der Waals surface area (Å²) in [5, 5.41) is 9.93. The van der Waals surface area contributed by atoms with Crippen LogP contribution in [0, 0.1) is 29.1 Å². The summed E-state index contributed by atoms with van der Waals surface area (Å²) in [5.41, 5.74) is 1.74. The number of hydrogen-bond acceptors (Lipinski definition) is 3. The molecule has 1 N–H and O–H groups in total. The highest BCUT2D eigenvalue weighted by atomic mass is 16.5. The van der Waals surface area contributed by atoms with Crippen molar-refractivity contribution >= 4 is 5.97 Å². The number of fused-ring (bicyclic) bond motifs is 5. The predicted molar refractivity (Wildman–Crippen MR) is 88.6 cm³/mol. The molecule has 3 fully saturated rings. The van der Waals surface area contributed by atoms with Crippen molar-refractivity contribution in [2.75, 3.05) is 0 Å². The van der Waals surface area contributed by atoms with Crippen molar-refractivity contribution in [2.24, 2.45) is 29.1 Å². The summed E-state index contributed by atoms with van der Waals surface area (Å²) in [6, 6.07) is 0. The summed E-state index contributed by atoms with van der Waals surface area (Å²) in [6.45, 7) is 3.93. The molecule has 0 aromatic rings. The van der Waals surface area contributed by atoms with Crippen molar-refractivity contribution in [3.05, 3.63) is 11.6 Å². The molecule has 4 aliphatic carbocycles. The Kier molecular flexibility index (Phi) is 3.83. The van der Waals surface area contributed by atoms with Gasteiger partial charge in [-0.25, -0.2) is 0 Å². The molecule has 7 unspecified atom stereocenters. The molecule has 0 aromatic heterocycles. The van der Waals surface area contributed by atoms with E-state index in [4.69, 9.17) is 4.74 Å². The largest absolute Gasteiger partial charge is 0.462 e. The minimum Gasteiger partial charge on any atom is -0.462 e. The molecule has 3 saturated carbocycles. The smallest absolute Gasteiger partial charge is 0.302 e. The van der Waals surface area contributed by atoms with Crippen LogP contribution in [-0.2, 0) is 9.53 Å². The lowest BCUT2D eigenvalue weighted by molar-refractivity contribution is -0.156. The third-order valence-corrected chi connectivity index (χ3v) is 7.65. The first kappa shape index (κ1) is 15.7. The Morgan fingerprint density at radius 3 is 2.78 bits per heavy atom. The van der Waals surface area contributed by atoms with Crippen molar-refractivity contribution in [2.45, 2.75) is 77.4 Å². The van der Waals surface area contributed by atoms with Gasteiger partial charge in [0.05, 0.1) is 6.10 Å². The van der Waals surface area contributed by atoms with Gasteiger partial charge in [-0.15, -0.1) is 0 Å². The van der Waals surface area contributed by atoms with Crippen molar-refractivity contribution < 1.29 is 14.6 Å². The van der Waals surface area contributed by atoms with Crippen LogP contribution in [0.25, 0.3) is 0 Å². The average Bonchev–Trinajstić information content (AvgIpc) is 2.83. The number of carbonyl (C=O) groups excluding carboxylic acids is 1. The highest BCUT2D eigenvalue weighted by molar-refractivity contribution is 5.66. The van der Waals surface area contributed by atoms with Gasteiger partial charge in [0.15, 0.2) is 0 Å². The molecule has 4 rings (SSSR count). The second-order valence-corrected chi connectivity index (χ2v) is 8.69. The van der Waals surface area contributed by atoms with Crippen LogP contribution in [0.2, 0.25) is 0 Å². The number of ether oxygens (including phenoxy) is 1. The zero-order valence-corrected chi connectivity index (χ0v) is 14.5. The van der Waals surface area contributed by atoms with Gasteiger partial charge in [0.25, 0.3) is 0 Å². The first-order valence-corrected chi connectivity index (χ1v) is 9.55. The van der Waals surface area contributed by atoms with E-state index in [1.165, 1.54) is 38.5 Å². The van der Waals surface area contributed by atoms with Crippen LogP contribution in [0.15, 0.2) is 11.6 Å². The molecule has 3 heteroatoms. The Labute approximate surface area is 139 Å². The van der Waals surface area contributed by atoms with Crippen LogP contribution in [0.4, 0.5) is 0 Å². The van der Waals surface area contributed by atoms with Crippen molar-refractivity contribution in [3.8, 4) is 0 Å². The fraction of sp³-hybridized carbons (Fsp3) is 0.850. The molecular weight excluding hydrogens is 288 g/mol. The number of hydrogen-bond donors (Lipinski definition) is 1. The molecule has 0 bridgehead atoms. The molecule has 0 heterocycles. The molecule has 0 amide bonds. The summed E-state index contributed by atoms with van der Waals surface area (Å²) < 4.78 is 5.70. The highest BCUT2D eigenvalue weighted by Crippen LogP contribution is 2.62. The maximum atomic E-state index is 11.5. The van der Waals surface area contributed by atoms with Gasteiger partial charge in [-0.3, -0.25) is 4.79 Å². The molecule has 4 aliphatic rings. The van der Waals surface area contributed by atoms with E-state index in [2.05, 4.69) is 13.0 Å². The van der Waals surface area contributed by atoms with E-state index in [9.17, 15) is 9.90 Å². The molecular formula is C20H30O3. The van der Waals surface area contributed by atoms with Crippen LogP contribution in [0.5, 0.6) is 0 Å². The van der Waals surface area contributed by atoms with Crippen LogP contribution in [0.3, 0.4) is 0 Å². The molecule has 3 nitrogen and oxygen atoms in total. The SMILES string of the molecule is CC(=O)OC1CCC2C3CCC4=CC(O)CCC4C3CCC12C. The first-order valence-electron chi connectivity index (χ1n) is 9.55. The second kappa shape index (κ2) is 5.61. The molecule has 23 heavy (non-hydrogen) atoms. The maximum Gasteiger partial charge on any atom is 0.302 e. The van der Waals surface area contributed by atoms with Gasteiger partial charge in [-0.05, 0) is 75.0 Å². The van der Waals surface area contributed by atoms with E-state index >= 15 is 0 Å². The molecule has 0 saturated heterocycles. The number of esters is 1. The minimum atomic E-state index is -0.202. The van der Waals surface area contributed by atoms with E-state index in [0.717, 1.165) is 36.5 Å². The Hall–Kier alpha value is -0.830. The Bertz CT molecular complexity index is 525. The standard InChI is InChI=1S/C20H30O3/c1-12(21)23-19-8-7-18-17-5-3-13-11-14(22)4-6-15(13)16(17)9-10-20(18,19)2/h11,14-19,22H,3-10H2,1-2H3. The summed E-state index contributed by atoms with van der Waals surface area (Å²) in [4.78, 5) is 11.5. The van der Waals surface area contributed by atoms with Crippen LogP contribution >= 0.6 is 0 Å². The quantitative estimate of drug-likeness (QED) is 0.590. The Balaban J connectivity index is 1.56. The van der Waals surface area contributed by atoms with E-state index in [1.54, 1.807) is 12.5 Å². The molecule has 0 spiro atoms. The van der Waals surface area contributed by atoms with Crippen molar-refractivity contribution in [3.63, 3.8) is 0 Å². The lowest BCUT2D eigenvalue weighted by atomic mass is 9.52. The van der Waals surface area contributed by atoms with Gasteiger partial charge >= 0.3 is 5.97 Å². The molecule has 0 radical (unpaired) electrons.